The molecule has 0 N–H and O–H groups in total. The maximum atomic E-state index is 11.8. The molecule has 26 heavy (non-hydrogen) atoms. The van der Waals surface area contributed by atoms with E-state index >= 15 is 0 Å². The van der Waals surface area contributed by atoms with E-state index in [-0.39, 0.29) is 11.1 Å². The lowest BCUT2D eigenvalue weighted by Gasteiger charge is -2.18. The third kappa shape index (κ3) is 9.32. The lowest BCUT2D eigenvalue weighted by atomic mass is 10.1. The molecule has 0 saturated heterocycles. The second-order valence-corrected chi connectivity index (χ2v) is 8.44. The Bertz CT molecular complexity index is 699. The summed E-state index contributed by atoms with van der Waals surface area (Å²) < 4.78 is 2.36. The molecule has 0 unspecified atom stereocenters. The van der Waals surface area contributed by atoms with Gasteiger partial charge in [0.25, 0.3) is 0 Å². The summed E-state index contributed by atoms with van der Waals surface area (Å²) in [7, 11) is 0. The van der Waals surface area contributed by atoms with E-state index in [2.05, 4.69) is 45.2 Å². The van der Waals surface area contributed by atoms with Crippen molar-refractivity contribution in [2.45, 2.75) is 26.7 Å². The van der Waals surface area contributed by atoms with Crippen molar-refractivity contribution in [1.82, 2.24) is 4.90 Å². The van der Waals surface area contributed by atoms with Gasteiger partial charge in [0.15, 0.2) is 0 Å². The molecule has 2 aromatic carbocycles. The van der Waals surface area contributed by atoms with Crippen LogP contribution < -0.4 is 0 Å². The molecule has 6 heteroatoms. The maximum Gasteiger partial charge on any atom is 0.226 e. The van der Waals surface area contributed by atoms with Gasteiger partial charge in [-0.1, -0.05) is 24.3 Å². The molecule has 1 amide bonds. The smallest absolute Gasteiger partial charge is 0.226 e. The Labute approximate surface area is 187 Å². The van der Waals surface area contributed by atoms with Crippen LogP contribution >= 0.6 is 56.8 Å². The molecule has 0 aromatic heterocycles. The van der Waals surface area contributed by atoms with Gasteiger partial charge in [-0.3, -0.25) is 9.59 Å². The van der Waals surface area contributed by atoms with Crippen LogP contribution in [0.15, 0.2) is 48.5 Å². The number of halogens is 3. The number of benzene rings is 2. The maximum absolute atomic E-state index is 11.8. The Hall–Kier alpha value is -0.670. The van der Waals surface area contributed by atoms with Crippen LogP contribution in [0.1, 0.15) is 25.0 Å². The SMILES string of the molecule is CCN(CC)C(=O)Cc1ccc(I)cc1.O=C(Cl)Cc1ccc(I)cc1. The van der Waals surface area contributed by atoms with E-state index in [4.69, 9.17) is 11.6 Å². The van der Waals surface area contributed by atoms with Crippen LogP contribution in [0.3, 0.4) is 0 Å². The molecule has 0 heterocycles. The molecular formula is C20H22ClI2NO2. The van der Waals surface area contributed by atoms with E-state index < -0.39 is 0 Å². The Balaban J connectivity index is 0.000000273. The molecule has 0 aliphatic heterocycles. The lowest BCUT2D eigenvalue weighted by Crippen LogP contribution is -2.31. The van der Waals surface area contributed by atoms with Gasteiger partial charge in [-0.15, -0.1) is 0 Å². The van der Waals surface area contributed by atoms with Gasteiger partial charge in [0.05, 0.1) is 6.42 Å². The molecule has 0 aliphatic carbocycles. The highest BCUT2D eigenvalue weighted by Gasteiger charge is 2.09. The summed E-state index contributed by atoms with van der Waals surface area (Å²) >= 11 is 9.69. The average Bonchev–Trinajstić information content (AvgIpc) is 2.60. The van der Waals surface area contributed by atoms with Crippen molar-refractivity contribution < 1.29 is 9.59 Å². The largest absolute Gasteiger partial charge is 0.343 e. The van der Waals surface area contributed by atoms with E-state index in [1.165, 1.54) is 3.57 Å². The monoisotopic (exact) mass is 597 g/mol. The van der Waals surface area contributed by atoms with Crippen LogP contribution in [0.5, 0.6) is 0 Å². The molecule has 0 aliphatic rings. The second kappa shape index (κ2) is 12.7. The van der Waals surface area contributed by atoms with Crippen LogP contribution in [-0.4, -0.2) is 29.1 Å². The van der Waals surface area contributed by atoms with E-state index in [1.807, 2.05) is 67.3 Å². The number of carbonyl (C=O) groups excluding carboxylic acids is 2. The Morgan fingerprint density at radius 2 is 1.19 bits per heavy atom. The fourth-order valence-corrected chi connectivity index (χ4v) is 3.10. The second-order valence-electron chi connectivity index (χ2n) is 5.53. The van der Waals surface area contributed by atoms with Crippen LogP contribution in [-0.2, 0) is 22.4 Å². The number of nitrogens with zero attached hydrogens (tertiary/aromatic N) is 1. The highest BCUT2D eigenvalue weighted by Crippen LogP contribution is 2.09. The fourth-order valence-electron chi connectivity index (χ4n) is 2.23. The van der Waals surface area contributed by atoms with Crippen molar-refractivity contribution in [3.8, 4) is 0 Å². The molecule has 2 rings (SSSR count). The van der Waals surface area contributed by atoms with Crippen molar-refractivity contribution >= 4 is 67.9 Å². The Morgan fingerprint density at radius 1 is 0.808 bits per heavy atom. The molecule has 0 saturated carbocycles. The first-order valence-corrected chi connectivity index (χ1v) is 10.8. The van der Waals surface area contributed by atoms with Crippen molar-refractivity contribution in [3.05, 3.63) is 66.8 Å². The predicted octanol–water partition coefficient (Wildman–Crippen LogP) is 5.30. The summed E-state index contributed by atoms with van der Waals surface area (Å²) in [6, 6.07) is 15.8. The van der Waals surface area contributed by atoms with E-state index in [9.17, 15) is 9.59 Å². The molecule has 0 bridgehead atoms. The number of amides is 1. The third-order valence-corrected chi connectivity index (χ3v) is 5.21. The lowest BCUT2D eigenvalue weighted by molar-refractivity contribution is -0.130. The van der Waals surface area contributed by atoms with Gasteiger partial charge in [-0.2, -0.15) is 0 Å². The molecule has 3 nitrogen and oxygen atoms in total. The van der Waals surface area contributed by atoms with Crippen LogP contribution in [0.4, 0.5) is 0 Å². The van der Waals surface area contributed by atoms with Crippen molar-refractivity contribution in [2.24, 2.45) is 0 Å². The molecule has 0 radical (unpaired) electrons. The van der Waals surface area contributed by atoms with Gasteiger partial charge in [0.2, 0.25) is 11.1 Å². The first-order valence-electron chi connectivity index (χ1n) is 8.30. The van der Waals surface area contributed by atoms with E-state index in [0.29, 0.717) is 12.8 Å². The Morgan fingerprint density at radius 3 is 1.54 bits per heavy atom. The molecule has 0 fully saturated rings. The predicted molar refractivity (Wildman–Crippen MR) is 125 cm³/mol. The quantitative estimate of drug-likeness (QED) is 0.335. The minimum Gasteiger partial charge on any atom is -0.343 e. The van der Waals surface area contributed by atoms with Gasteiger partial charge in [-0.25, -0.2) is 0 Å². The highest BCUT2D eigenvalue weighted by atomic mass is 127. The molecule has 0 atom stereocenters. The molecule has 140 valence electrons. The van der Waals surface area contributed by atoms with Crippen LogP contribution in [0.2, 0.25) is 0 Å². The summed E-state index contributed by atoms with van der Waals surface area (Å²) in [5.74, 6) is 0.209. The minimum absolute atomic E-state index is 0.209. The Kier molecular flexibility index (Phi) is 11.4. The van der Waals surface area contributed by atoms with Crippen LogP contribution in [0.25, 0.3) is 0 Å². The fraction of sp³-hybridized carbons (Fsp3) is 0.300. The van der Waals surface area contributed by atoms with Crippen molar-refractivity contribution in [3.63, 3.8) is 0 Å². The summed E-state index contributed by atoms with van der Waals surface area (Å²) in [4.78, 5) is 24.1. The van der Waals surface area contributed by atoms with Gasteiger partial charge in [0.1, 0.15) is 0 Å². The van der Waals surface area contributed by atoms with Gasteiger partial charge in [0, 0.05) is 26.7 Å². The topological polar surface area (TPSA) is 37.4 Å². The molecule has 0 spiro atoms. The number of carbonyl (C=O) groups is 2. The van der Waals surface area contributed by atoms with Gasteiger partial charge in [-0.05, 0) is 106 Å². The normalized spacial score (nSPS) is 9.88. The summed E-state index contributed by atoms with van der Waals surface area (Å²) in [6.45, 7) is 5.60. The van der Waals surface area contributed by atoms with Gasteiger partial charge < -0.3 is 4.90 Å². The zero-order valence-electron chi connectivity index (χ0n) is 14.8. The first kappa shape index (κ1) is 23.4. The summed E-state index contributed by atoms with van der Waals surface area (Å²) in [5, 5.41) is -0.314. The highest BCUT2D eigenvalue weighted by molar-refractivity contribution is 14.1. The molecule has 2 aromatic rings. The van der Waals surface area contributed by atoms with Crippen molar-refractivity contribution in [1.29, 1.82) is 0 Å². The van der Waals surface area contributed by atoms with Crippen LogP contribution in [0, 0.1) is 7.14 Å². The number of hydrogen-bond donors (Lipinski definition) is 0. The first-order chi connectivity index (χ1) is 12.3. The standard InChI is InChI=1S/C12H16INO.C8H6ClIO/c1-3-14(4-2)12(15)9-10-5-7-11(13)8-6-10;9-8(11)5-6-1-3-7(10)4-2-6/h5-8H,3-4,9H2,1-2H3;1-4H,5H2. The molecular weight excluding hydrogens is 575 g/mol. The van der Waals surface area contributed by atoms with Crippen molar-refractivity contribution in [2.75, 3.05) is 13.1 Å². The van der Waals surface area contributed by atoms with Gasteiger partial charge >= 0.3 is 0 Å². The number of likely N-dealkylation sites (N-methyl/N-ethyl adjacent to an activating group) is 1. The van der Waals surface area contributed by atoms with E-state index in [1.54, 1.807) is 0 Å². The summed E-state index contributed by atoms with van der Waals surface area (Å²) in [6.07, 6.45) is 0.830. The average molecular weight is 598 g/mol. The zero-order chi connectivity index (χ0) is 19.5. The number of hydrogen-bond acceptors (Lipinski definition) is 2. The van der Waals surface area contributed by atoms with E-state index in [0.717, 1.165) is 27.8 Å². The minimum atomic E-state index is -0.314. The zero-order valence-corrected chi connectivity index (χ0v) is 19.9. The third-order valence-electron chi connectivity index (χ3n) is 3.64. The summed E-state index contributed by atoms with van der Waals surface area (Å²) in [5.41, 5.74) is 2.05. The number of rotatable bonds is 6.